The predicted molar refractivity (Wildman–Crippen MR) is 119 cm³/mol. The Morgan fingerprint density at radius 1 is 1.18 bits per heavy atom. The molecule has 2 fully saturated rings. The summed E-state index contributed by atoms with van der Waals surface area (Å²) in [6, 6.07) is 8.52. The summed E-state index contributed by atoms with van der Waals surface area (Å²) >= 11 is 0. The van der Waals surface area contributed by atoms with Crippen LogP contribution >= 0.6 is 0 Å². The van der Waals surface area contributed by atoms with Crippen molar-refractivity contribution < 1.29 is 31.0 Å². The Morgan fingerprint density at radius 3 is 2.76 bits per heavy atom. The lowest BCUT2D eigenvalue weighted by Crippen LogP contribution is -2.52. The number of carbonyl (C=O) groups is 3. The second-order valence-electron chi connectivity index (χ2n) is 8.49. The quantitative estimate of drug-likeness (QED) is 0.652. The molecule has 3 aliphatic rings. The average Bonchev–Trinajstić information content (AvgIpc) is 3.20. The number of fused-ring (bicyclic) bond motifs is 1. The van der Waals surface area contributed by atoms with E-state index in [4.69, 9.17) is 12.2 Å². The summed E-state index contributed by atoms with van der Waals surface area (Å²) in [5.41, 5.74) is 1.48. The maximum atomic E-state index is 14.9. The second-order valence-corrected chi connectivity index (χ2v) is 8.49. The third-order valence-electron chi connectivity index (χ3n) is 6.27. The zero-order valence-electron chi connectivity index (χ0n) is 20.5. The molecule has 0 unspecified atom stereocenters. The van der Waals surface area contributed by atoms with E-state index >= 15 is 0 Å². The molecule has 1 N–H and O–H groups in total. The minimum atomic E-state index is -1.83. The van der Waals surface area contributed by atoms with Gasteiger partial charge in [0.1, 0.15) is 24.2 Å². The lowest BCUT2D eigenvalue weighted by molar-refractivity contribution is -0.136. The first-order chi connectivity index (χ1) is 17.3. The van der Waals surface area contributed by atoms with E-state index in [9.17, 15) is 18.8 Å². The molecule has 0 aromatic heterocycles. The standard InChI is InChI=1S/C25H26FN3O5/c26-20-12-16(13-28-8-10-33-11-9-28)4-5-17(20)15-34-22-3-1-2-18-19(22)14-29(25(18)32)21-6-7-23(30)27-24(21)31/h1-5,12,21H,6-11,13-15H2,(H,27,30,31)/t21-/m0/s1/i13D2. The number of halogens is 1. The third-order valence-corrected chi connectivity index (χ3v) is 6.27. The van der Waals surface area contributed by atoms with Crippen LogP contribution in [0.2, 0.25) is 0 Å². The predicted octanol–water partition coefficient (Wildman–Crippen LogP) is 2.00. The molecule has 2 saturated heterocycles. The van der Waals surface area contributed by atoms with Crippen LogP contribution in [0.25, 0.3) is 0 Å². The summed E-state index contributed by atoms with van der Waals surface area (Å²) in [5, 5.41) is 2.28. The second kappa shape index (κ2) is 9.52. The molecule has 1 atom stereocenters. The number of imide groups is 1. The van der Waals surface area contributed by atoms with Crippen LogP contribution < -0.4 is 10.1 Å². The largest absolute Gasteiger partial charge is 0.488 e. The first-order valence-electron chi connectivity index (χ1n) is 12.3. The van der Waals surface area contributed by atoms with Crippen LogP contribution in [0.15, 0.2) is 36.4 Å². The number of nitrogens with zero attached hydrogens (tertiary/aromatic N) is 2. The molecule has 3 aliphatic heterocycles. The van der Waals surface area contributed by atoms with Crippen LogP contribution in [0.5, 0.6) is 5.75 Å². The summed E-state index contributed by atoms with van der Waals surface area (Å²) in [6.45, 7) is -0.0878. The van der Waals surface area contributed by atoms with Crippen LogP contribution in [-0.2, 0) is 34.0 Å². The minimum absolute atomic E-state index is 0.115. The summed E-state index contributed by atoms with van der Waals surface area (Å²) in [5.74, 6) is -1.34. The van der Waals surface area contributed by atoms with Crippen molar-refractivity contribution in [3.63, 3.8) is 0 Å². The molecule has 0 aliphatic carbocycles. The highest BCUT2D eigenvalue weighted by Gasteiger charge is 2.40. The van der Waals surface area contributed by atoms with Crippen molar-refractivity contribution in [2.75, 3.05) is 26.3 Å². The molecule has 34 heavy (non-hydrogen) atoms. The summed E-state index contributed by atoms with van der Waals surface area (Å²) in [6.07, 6.45) is 0.425. The fourth-order valence-corrected chi connectivity index (χ4v) is 4.44. The highest BCUT2D eigenvalue weighted by Crippen LogP contribution is 2.34. The Kier molecular flexibility index (Phi) is 5.63. The molecule has 3 heterocycles. The highest BCUT2D eigenvalue weighted by molar-refractivity contribution is 6.05. The molecule has 0 spiro atoms. The number of ether oxygens (including phenoxy) is 2. The van der Waals surface area contributed by atoms with E-state index in [0.29, 0.717) is 43.2 Å². The monoisotopic (exact) mass is 469 g/mol. The molecule has 8 nitrogen and oxygen atoms in total. The normalized spacial score (nSPS) is 22.2. The Balaban J connectivity index is 1.30. The highest BCUT2D eigenvalue weighted by atomic mass is 19.1. The Hall–Kier alpha value is -3.30. The number of carbonyl (C=O) groups excluding carboxylic acids is 3. The van der Waals surface area contributed by atoms with Crippen LogP contribution in [0.4, 0.5) is 4.39 Å². The van der Waals surface area contributed by atoms with Gasteiger partial charge in [-0.2, -0.15) is 0 Å². The molecule has 0 saturated carbocycles. The SMILES string of the molecule is [2H]C([2H])(c1ccc(COc2cccc3c2CN([C@H]2CCC(=O)NC2=O)C3=O)c(F)c1)N1CCOCC1. The van der Waals surface area contributed by atoms with Crippen LogP contribution in [-0.4, -0.2) is 59.9 Å². The van der Waals surface area contributed by atoms with Gasteiger partial charge in [-0.25, -0.2) is 4.39 Å². The minimum Gasteiger partial charge on any atom is -0.488 e. The van der Waals surface area contributed by atoms with Crippen molar-refractivity contribution in [1.82, 2.24) is 15.1 Å². The molecular weight excluding hydrogens is 441 g/mol. The van der Waals surface area contributed by atoms with Gasteiger partial charge in [0.25, 0.3) is 5.91 Å². The lowest BCUT2D eigenvalue weighted by Gasteiger charge is -2.29. The summed E-state index contributed by atoms with van der Waals surface area (Å²) < 4.78 is 43.0. The Morgan fingerprint density at radius 2 is 2.00 bits per heavy atom. The van der Waals surface area contributed by atoms with Crippen molar-refractivity contribution in [1.29, 1.82) is 0 Å². The van der Waals surface area contributed by atoms with Gasteiger partial charge in [-0.15, -0.1) is 0 Å². The molecule has 3 amide bonds. The maximum absolute atomic E-state index is 14.9. The van der Waals surface area contributed by atoms with E-state index in [1.807, 2.05) is 0 Å². The summed E-state index contributed by atoms with van der Waals surface area (Å²) in [4.78, 5) is 39.8. The van der Waals surface area contributed by atoms with Gasteiger partial charge in [-0.3, -0.25) is 24.6 Å². The van der Waals surface area contributed by atoms with Gasteiger partial charge in [0.15, 0.2) is 0 Å². The summed E-state index contributed by atoms with van der Waals surface area (Å²) in [7, 11) is 0. The van der Waals surface area contributed by atoms with Crippen molar-refractivity contribution in [3.05, 3.63) is 64.5 Å². The number of piperidine rings is 1. The van der Waals surface area contributed by atoms with Crippen molar-refractivity contribution in [2.24, 2.45) is 0 Å². The molecule has 2 aromatic carbocycles. The van der Waals surface area contributed by atoms with Gasteiger partial charge in [0.2, 0.25) is 11.8 Å². The van der Waals surface area contributed by atoms with Gasteiger partial charge in [0, 0.05) is 45.4 Å². The number of morpholine rings is 1. The Labute approximate surface area is 199 Å². The van der Waals surface area contributed by atoms with E-state index in [1.54, 1.807) is 29.2 Å². The van der Waals surface area contributed by atoms with E-state index in [0.717, 1.165) is 0 Å². The fourth-order valence-electron chi connectivity index (χ4n) is 4.44. The first kappa shape index (κ1) is 20.1. The number of amides is 3. The average molecular weight is 470 g/mol. The number of hydrogen-bond donors (Lipinski definition) is 1. The molecule has 0 bridgehead atoms. The first-order valence-corrected chi connectivity index (χ1v) is 11.3. The molecule has 9 heteroatoms. The van der Waals surface area contributed by atoms with Crippen molar-refractivity contribution in [2.45, 2.75) is 38.5 Å². The van der Waals surface area contributed by atoms with Gasteiger partial charge < -0.3 is 14.4 Å². The van der Waals surface area contributed by atoms with Gasteiger partial charge >= 0.3 is 0 Å². The van der Waals surface area contributed by atoms with E-state index in [1.165, 1.54) is 17.0 Å². The smallest absolute Gasteiger partial charge is 0.255 e. The zero-order valence-corrected chi connectivity index (χ0v) is 18.5. The van der Waals surface area contributed by atoms with E-state index in [-0.39, 0.29) is 48.9 Å². The van der Waals surface area contributed by atoms with Gasteiger partial charge in [-0.05, 0) is 30.2 Å². The molecular formula is C25H26FN3O5. The van der Waals surface area contributed by atoms with E-state index in [2.05, 4.69) is 5.32 Å². The van der Waals surface area contributed by atoms with Gasteiger partial charge in [0.05, 0.1) is 19.8 Å². The van der Waals surface area contributed by atoms with Crippen LogP contribution in [0.3, 0.4) is 0 Å². The van der Waals surface area contributed by atoms with Crippen molar-refractivity contribution >= 4 is 17.7 Å². The topological polar surface area (TPSA) is 88.2 Å². The molecule has 178 valence electrons. The van der Waals surface area contributed by atoms with Crippen LogP contribution in [0, 0.1) is 5.82 Å². The molecule has 2 aromatic rings. The molecule has 0 radical (unpaired) electrons. The zero-order chi connectivity index (χ0) is 25.4. The van der Waals surface area contributed by atoms with E-state index < -0.39 is 24.3 Å². The number of hydrogen-bond acceptors (Lipinski definition) is 6. The lowest BCUT2D eigenvalue weighted by atomic mass is 10.0. The number of rotatable bonds is 6. The van der Waals surface area contributed by atoms with Gasteiger partial charge in [-0.1, -0.05) is 18.2 Å². The number of nitrogens with one attached hydrogen (secondary N) is 1. The van der Waals surface area contributed by atoms with Crippen molar-refractivity contribution in [3.8, 4) is 5.75 Å². The number of benzene rings is 2. The van der Waals surface area contributed by atoms with Crippen LogP contribution in [0.1, 0.15) is 42.6 Å². The third kappa shape index (κ3) is 4.53. The Bertz CT molecular complexity index is 1220. The fraction of sp³-hybridized carbons (Fsp3) is 0.400. The maximum Gasteiger partial charge on any atom is 0.255 e. The molecule has 5 rings (SSSR count).